The first-order valence-corrected chi connectivity index (χ1v) is 9.14. The maximum absolute atomic E-state index is 12.3. The average molecular weight is 449 g/mol. The summed E-state index contributed by atoms with van der Waals surface area (Å²) < 4.78 is 8.30. The third kappa shape index (κ3) is 3.30. The van der Waals surface area contributed by atoms with E-state index in [-0.39, 0.29) is 12.0 Å². The normalized spacial score (nSPS) is 17.2. The van der Waals surface area contributed by atoms with E-state index in [0.717, 1.165) is 28.8 Å². The third-order valence-electron chi connectivity index (χ3n) is 4.30. The highest BCUT2D eigenvalue weighted by Crippen LogP contribution is 2.25. The quantitative estimate of drug-likeness (QED) is 0.451. The molecule has 0 bridgehead atoms. The summed E-state index contributed by atoms with van der Waals surface area (Å²) in [4.78, 5) is 22.8. The number of fused-ring (bicyclic) bond motifs is 1. The molecule has 0 radical (unpaired) electrons. The summed E-state index contributed by atoms with van der Waals surface area (Å²) in [6.45, 7) is 1.24. The number of ether oxygens (including phenoxy) is 1. The Morgan fingerprint density at radius 1 is 1.32 bits per heavy atom. The van der Waals surface area contributed by atoms with E-state index in [1.54, 1.807) is 16.8 Å². The number of nitrogens with zero attached hydrogens (tertiary/aromatic N) is 5. The van der Waals surface area contributed by atoms with Crippen LogP contribution < -0.4 is 4.90 Å². The molecule has 1 atom stereocenters. The highest BCUT2D eigenvalue weighted by Gasteiger charge is 2.28. The van der Waals surface area contributed by atoms with Crippen LogP contribution in [0.3, 0.4) is 0 Å². The van der Waals surface area contributed by atoms with Crippen molar-refractivity contribution in [2.75, 3.05) is 18.1 Å². The third-order valence-corrected chi connectivity index (χ3v) is 4.97. The Bertz CT molecular complexity index is 913. The number of halogens is 1. The van der Waals surface area contributed by atoms with E-state index in [9.17, 15) is 4.79 Å². The zero-order chi connectivity index (χ0) is 17.2. The lowest BCUT2D eigenvalue weighted by Gasteiger charge is -2.26. The Hall–Kier alpha value is -2.23. The molecule has 1 aliphatic rings. The van der Waals surface area contributed by atoms with Gasteiger partial charge in [-0.25, -0.2) is 9.78 Å². The van der Waals surface area contributed by atoms with Crippen LogP contribution in [0.5, 0.6) is 0 Å². The van der Waals surface area contributed by atoms with Gasteiger partial charge in [-0.1, -0.05) is 6.07 Å². The second-order valence-corrected chi connectivity index (χ2v) is 7.12. The van der Waals surface area contributed by atoms with Crippen molar-refractivity contribution in [2.24, 2.45) is 0 Å². The van der Waals surface area contributed by atoms with Crippen molar-refractivity contribution in [1.82, 2.24) is 19.6 Å². The first-order chi connectivity index (χ1) is 12.2. The number of benzene rings is 1. The summed E-state index contributed by atoms with van der Waals surface area (Å²) >= 11 is 2.19. The summed E-state index contributed by atoms with van der Waals surface area (Å²) in [7, 11) is 0. The van der Waals surface area contributed by atoms with Crippen LogP contribution in [0.1, 0.15) is 23.2 Å². The fourth-order valence-corrected chi connectivity index (χ4v) is 3.67. The zero-order valence-corrected chi connectivity index (χ0v) is 15.5. The molecule has 128 valence electrons. The van der Waals surface area contributed by atoms with Crippen molar-refractivity contribution in [3.8, 4) is 0 Å². The lowest BCUT2D eigenvalue weighted by molar-refractivity contribution is 0.0482. The molecule has 0 spiro atoms. The number of carbonyl (C=O) groups excluding carboxylic acids is 1. The van der Waals surface area contributed by atoms with Gasteiger partial charge in [0.1, 0.15) is 18.8 Å². The van der Waals surface area contributed by atoms with E-state index in [4.69, 9.17) is 4.74 Å². The van der Waals surface area contributed by atoms with Crippen molar-refractivity contribution in [3.05, 3.63) is 52.0 Å². The summed E-state index contributed by atoms with van der Waals surface area (Å²) in [5.41, 5.74) is 0.582. The van der Waals surface area contributed by atoms with Gasteiger partial charge in [-0.15, -0.1) is 0 Å². The van der Waals surface area contributed by atoms with Crippen molar-refractivity contribution >= 4 is 40.2 Å². The van der Waals surface area contributed by atoms with Gasteiger partial charge in [0.2, 0.25) is 0 Å². The molecule has 1 fully saturated rings. The lowest BCUT2D eigenvalue weighted by atomic mass is 10.2. The van der Waals surface area contributed by atoms with Crippen LogP contribution in [0.2, 0.25) is 0 Å². The minimum absolute atomic E-state index is 0.126. The van der Waals surface area contributed by atoms with Gasteiger partial charge in [-0.05, 0) is 59.7 Å². The average Bonchev–Trinajstić information content (AvgIpc) is 3.28. The molecule has 2 aromatic heterocycles. The molecule has 1 saturated heterocycles. The maximum Gasteiger partial charge on any atom is 0.338 e. The highest BCUT2D eigenvalue weighted by atomic mass is 127. The van der Waals surface area contributed by atoms with E-state index in [1.807, 2.05) is 24.3 Å². The van der Waals surface area contributed by atoms with Crippen molar-refractivity contribution < 1.29 is 9.53 Å². The number of rotatable bonds is 4. The number of anilines is 1. The van der Waals surface area contributed by atoms with E-state index in [1.165, 1.54) is 6.33 Å². The van der Waals surface area contributed by atoms with E-state index < -0.39 is 0 Å². The fourth-order valence-electron chi connectivity index (χ4n) is 3.12. The molecule has 7 nitrogen and oxygen atoms in total. The lowest BCUT2D eigenvalue weighted by Crippen LogP contribution is -2.35. The Balaban J connectivity index is 1.49. The summed E-state index contributed by atoms with van der Waals surface area (Å²) in [5, 5.41) is 4.24. The Labute approximate surface area is 158 Å². The first-order valence-electron chi connectivity index (χ1n) is 8.06. The van der Waals surface area contributed by atoms with Crippen LogP contribution in [-0.4, -0.2) is 44.7 Å². The predicted octanol–water partition coefficient (Wildman–Crippen LogP) is 2.55. The van der Waals surface area contributed by atoms with Crippen LogP contribution in [0, 0.1) is 3.57 Å². The smallest absolute Gasteiger partial charge is 0.338 e. The van der Waals surface area contributed by atoms with Gasteiger partial charge in [0, 0.05) is 16.3 Å². The maximum atomic E-state index is 12.3. The van der Waals surface area contributed by atoms with Crippen LogP contribution >= 0.6 is 22.6 Å². The summed E-state index contributed by atoms with van der Waals surface area (Å²) in [6.07, 6.45) is 5.24. The second-order valence-electron chi connectivity index (χ2n) is 5.87. The molecule has 0 N–H and O–H groups in total. The number of hydrogen-bond acceptors (Lipinski definition) is 6. The number of aromatic nitrogens is 4. The van der Waals surface area contributed by atoms with Gasteiger partial charge in [0.25, 0.3) is 5.78 Å². The topological polar surface area (TPSA) is 72.6 Å². The van der Waals surface area contributed by atoms with Crippen molar-refractivity contribution in [2.45, 2.75) is 18.9 Å². The standard InChI is InChI=1S/C17H16IN5O2/c18-13-4-1-3-12(9-13)16(24)25-10-14-5-2-8-22(14)15-6-7-19-17-20-11-21-23(15)17/h1,3-4,6-7,9,11,14H,2,5,8,10H2/t14-/m1/s1. The molecule has 1 aliphatic heterocycles. The van der Waals surface area contributed by atoms with Gasteiger partial charge >= 0.3 is 5.97 Å². The van der Waals surface area contributed by atoms with E-state index in [0.29, 0.717) is 17.9 Å². The fraction of sp³-hybridized carbons (Fsp3) is 0.294. The van der Waals surface area contributed by atoms with Gasteiger partial charge in [-0.3, -0.25) is 0 Å². The predicted molar refractivity (Wildman–Crippen MR) is 101 cm³/mol. The van der Waals surface area contributed by atoms with Crippen LogP contribution in [0.4, 0.5) is 5.82 Å². The molecule has 3 aromatic rings. The first kappa shape index (κ1) is 16.2. The Kier molecular flexibility index (Phi) is 4.51. The molecule has 25 heavy (non-hydrogen) atoms. The SMILES string of the molecule is O=C(OC[C@H]1CCCN1c1ccnc2ncnn12)c1cccc(I)c1. The Morgan fingerprint density at radius 2 is 2.24 bits per heavy atom. The van der Waals surface area contributed by atoms with Gasteiger partial charge in [0.05, 0.1) is 11.6 Å². The molecule has 4 rings (SSSR count). The molecule has 0 saturated carbocycles. The highest BCUT2D eigenvalue weighted by molar-refractivity contribution is 14.1. The summed E-state index contributed by atoms with van der Waals surface area (Å²) in [6, 6.07) is 9.46. The van der Waals surface area contributed by atoms with Crippen molar-refractivity contribution in [1.29, 1.82) is 0 Å². The minimum atomic E-state index is -0.286. The van der Waals surface area contributed by atoms with Crippen LogP contribution in [0.15, 0.2) is 42.9 Å². The largest absolute Gasteiger partial charge is 0.460 e. The molecule has 0 unspecified atom stereocenters. The number of carbonyl (C=O) groups is 1. The van der Waals surface area contributed by atoms with Gasteiger partial charge in [-0.2, -0.15) is 14.6 Å². The minimum Gasteiger partial charge on any atom is -0.460 e. The molecule has 1 aromatic carbocycles. The second kappa shape index (κ2) is 6.95. The molecule has 8 heteroatoms. The zero-order valence-electron chi connectivity index (χ0n) is 13.4. The van der Waals surface area contributed by atoms with Gasteiger partial charge < -0.3 is 9.64 Å². The van der Waals surface area contributed by atoms with Crippen molar-refractivity contribution in [3.63, 3.8) is 0 Å². The summed E-state index contributed by atoms with van der Waals surface area (Å²) in [5.74, 6) is 1.21. The Morgan fingerprint density at radius 3 is 3.12 bits per heavy atom. The molecule has 0 amide bonds. The molecule has 3 heterocycles. The van der Waals surface area contributed by atoms with E-state index >= 15 is 0 Å². The van der Waals surface area contributed by atoms with Gasteiger partial charge in [0.15, 0.2) is 0 Å². The van der Waals surface area contributed by atoms with Crippen LogP contribution in [0.25, 0.3) is 5.78 Å². The van der Waals surface area contributed by atoms with E-state index in [2.05, 4.69) is 42.6 Å². The molecule has 0 aliphatic carbocycles. The molecular formula is C17H16IN5O2. The number of hydrogen-bond donors (Lipinski definition) is 0. The van der Waals surface area contributed by atoms with Crippen LogP contribution in [-0.2, 0) is 4.74 Å². The molecular weight excluding hydrogens is 433 g/mol. The monoisotopic (exact) mass is 449 g/mol. The number of esters is 1.